The number of rotatable bonds is 5. The Kier molecular flexibility index (Phi) is 6.28. The van der Waals surface area contributed by atoms with Crippen LogP contribution < -0.4 is 10.9 Å². The Morgan fingerprint density at radius 1 is 1.22 bits per heavy atom. The summed E-state index contributed by atoms with van der Waals surface area (Å²) in [5, 5.41) is -0.206. The zero-order valence-corrected chi connectivity index (χ0v) is 11.4. The van der Waals surface area contributed by atoms with Crippen LogP contribution >= 0.6 is 11.8 Å². The molecule has 1 aromatic carbocycles. The van der Waals surface area contributed by atoms with Crippen molar-refractivity contribution in [1.82, 2.24) is 10.9 Å². The highest BCUT2D eigenvalue weighted by molar-refractivity contribution is 7.99. The highest BCUT2D eigenvalue weighted by atomic mass is 32.2. The van der Waals surface area contributed by atoms with Crippen LogP contribution in [-0.4, -0.2) is 17.1 Å². The SMILES string of the molecule is CCC(=O)NNC(=O)[C@H](C)SCc1ccccc1. The lowest BCUT2D eigenvalue weighted by Crippen LogP contribution is -2.44. The predicted molar refractivity (Wildman–Crippen MR) is 73.8 cm³/mol. The fraction of sp³-hybridized carbons (Fsp3) is 0.385. The van der Waals surface area contributed by atoms with Crippen molar-refractivity contribution in [3.05, 3.63) is 35.9 Å². The van der Waals surface area contributed by atoms with Crippen molar-refractivity contribution in [1.29, 1.82) is 0 Å². The molecule has 1 aromatic rings. The second kappa shape index (κ2) is 7.76. The van der Waals surface area contributed by atoms with Crippen LogP contribution in [-0.2, 0) is 15.3 Å². The van der Waals surface area contributed by atoms with E-state index in [-0.39, 0.29) is 17.1 Å². The minimum Gasteiger partial charge on any atom is -0.273 e. The maximum Gasteiger partial charge on any atom is 0.251 e. The van der Waals surface area contributed by atoms with E-state index in [1.54, 1.807) is 6.92 Å². The Morgan fingerprint density at radius 2 is 1.89 bits per heavy atom. The summed E-state index contributed by atoms with van der Waals surface area (Å²) in [5.41, 5.74) is 5.95. The van der Waals surface area contributed by atoms with Crippen LogP contribution in [0.25, 0.3) is 0 Å². The molecule has 0 saturated carbocycles. The van der Waals surface area contributed by atoms with Gasteiger partial charge in [-0.2, -0.15) is 0 Å². The van der Waals surface area contributed by atoms with E-state index in [4.69, 9.17) is 0 Å². The second-order valence-corrected chi connectivity index (χ2v) is 5.16. The average molecular weight is 266 g/mol. The Morgan fingerprint density at radius 3 is 2.50 bits per heavy atom. The number of amides is 2. The largest absolute Gasteiger partial charge is 0.273 e. The minimum absolute atomic E-state index is 0.183. The van der Waals surface area contributed by atoms with Gasteiger partial charge in [-0.3, -0.25) is 20.4 Å². The molecule has 98 valence electrons. The molecular weight excluding hydrogens is 248 g/mol. The lowest BCUT2D eigenvalue weighted by molar-refractivity contribution is -0.128. The van der Waals surface area contributed by atoms with E-state index in [2.05, 4.69) is 10.9 Å². The zero-order chi connectivity index (χ0) is 13.4. The number of hydrogen-bond acceptors (Lipinski definition) is 3. The normalized spacial score (nSPS) is 11.7. The number of nitrogens with one attached hydrogen (secondary N) is 2. The zero-order valence-electron chi connectivity index (χ0n) is 10.6. The fourth-order valence-corrected chi connectivity index (χ4v) is 2.04. The molecule has 0 spiro atoms. The summed E-state index contributed by atoms with van der Waals surface area (Å²) in [6, 6.07) is 9.96. The average Bonchev–Trinajstić information content (AvgIpc) is 2.42. The summed E-state index contributed by atoms with van der Waals surface area (Å²) in [4.78, 5) is 22.6. The molecule has 2 N–H and O–H groups in total. The van der Waals surface area contributed by atoms with E-state index in [1.807, 2.05) is 37.3 Å². The van der Waals surface area contributed by atoms with Crippen LogP contribution in [0.15, 0.2) is 30.3 Å². The summed E-state index contributed by atoms with van der Waals surface area (Å²) >= 11 is 1.53. The third-order valence-corrected chi connectivity index (χ3v) is 3.57. The van der Waals surface area contributed by atoms with E-state index in [9.17, 15) is 9.59 Å². The summed E-state index contributed by atoms with van der Waals surface area (Å²) in [6.45, 7) is 3.55. The molecule has 0 aliphatic carbocycles. The van der Waals surface area contributed by atoms with Gasteiger partial charge in [-0.15, -0.1) is 11.8 Å². The molecule has 5 heteroatoms. The van der Waals surface area contributed by atoms with Crippen LogP contribution in [0.4, 0.5) is 0 Å². The third kappa shape index (κ3) is 5.23. The van der Waals surface area contributed by atoms with Gasteiger partial charge >= 0.3 is 0 Å². The minimum atomic E-state index is -0.206. The van der Waals surface area contributed by atoms with Crippen molar-refractivity contribution >= 4 is 23.6 Å². The Balaban J connectivity index is 2.30. The lowest BCUT2D eigenvalue weighted by Gasteiger charge is -2.12. The number of hydrazine groups is 1. The van der Waals surface area contributed by atoms with Gasteiger partial charge in [0.2, 0.25) is 5.91 Å². The molecule has 0 saturated heterocycles. The highest BCUT2D eigenvalue weighted by Crippen LogP contribution is 2.17. The second-order valence-electron chi connectivity index (χ2n) is 3.83. The molecule has 0 aliphatic rings. The standard InChI is InChI=1S/C13H18N2O2S/c1-3-12(16)14-15-13(17)10(2)18-9-11-7-5-4-6-8-11/h4-8,10H,3,9H2,1-2H3,(H,14,16)(H,15,17)/t10-/m0/s1. The molecule has 0 heterocycles. The lowest BCUT2D eigenvalue weighted by atomic mass is 10.2. The van der Waals surface area contributed by atoms with Gasteiger partial charge in [-0.1, -0.05) is 37.3 Å². The first kappa shape index (κ1) is 14.6. The Bertz CT molecular complexity index is 395. The van der Waals surface area contributed by atoms with E-state index < -0.39 is 0 Å². The van der Waals surface area contributed by atoms with E-state index in [0.29, 0.717) is 6.42 Å². The van der Waals surface area contributed by atoms with Crippen molar-refractivity contribution in [3.8, 4) is 0 Å². The maximum absolute atomic E-state index is 11.6. The molecule has 1 atom stereocenters. The van der Waals surface area contributed by atoms with Crippen molar-refractivity contribution in [3.63, 3.8) is 0 Å². The van der Waals surface area contributed by atoms with Crippen LogP contribution in [0, 0.1) is 0 Å². The molecule has 1 rings (SSSR count). The van der Waals surface area contributed by atoms with E-state index in [0.717, 1.165) is 5.75 Å². The van der Waals surface area contributed by atoms with Crippen molar-refractivity contribution < 1.29 is 9.59 Å². The van der Waals surface area contributed by atoms with E-state index in [1.165, 1.54) is 17.3 Å². The number of thioether (sulfide) groups is 1. The highest BCUT2D eigenvalue weighted by Gasteiger charge is 2.13. The summed E-state index contributed by atoms with van der Waals surface area (Å²) < 4.78 is 0. The molecule has 2 amide bonds. The van der Waals surface area contributed by atoms with Crippen LogP contribution in [0.5, 0.6) is 0 Å². The van der Waals surface area contributed by atoms with Crippen molar-refractivity contribution in [2.75, 3.05) is 0 Å². The Hall–Kier alpha value is -1.49. The monoisotopic (exact) mass is 266 g/mol. The molecule has 18 heavy (non-hydrogen) atoms. The summed E-state index contributed by atoms with van der Waals surface area (Å²) in [6.07, 6.45) is 0.353. The van der Waals surface area contributed by atoms with Gasteiger partial charge in [-0.05, 0) is 12.5 Å². The Labute approximate surface area is 112 Å². The van der Waals surface area contributed by atoms with Gasteiger partial charge in [0.15, 0.2) is 0 Å². The van der Waals surface area contributed by atoms with Crippen molar-refractivity contribution in [2.24, 2.45) is 0 Å². The number of carbonyl (C=O) groups is 2. The molecule has 0 aromatic heterocycles. The molecule has 0 bridgehead atoms. The smallest absolute Gasteiger partial charge is 0.251 e. The summed E-state index contributed by atoms with van der Waals surface area (Å²) in [7, 11) is 0. The fourth-order valence-electron chi connectivity index (χ4n) is 1.19. The molecular formula is C13H18N2O2S. The predicted octanol–water partition coefficient (Wildman–Crippen LogP) is 1.87. The van der Waals surface area contributed by atoms with Gasteiger partial charge in [0.1, 0.15) is 0 Å². The topological polar surface area (TPSA) is 58.2 Å². The van der Waals surface area contributed by atoms with Crippen molar-refractivity contribution in [2.45, 2.75) is 31.3 Å². The first-order chi connectivity index (χ1) is 8.63. The maximum atomic E-state index is 11.6. The molecule has 4 nitrogen and oxygen atoms in total. The van der Waals surface area contributed by atoms with Gasteiger partial charge < -0.3 is 0 Å². The van der Waals surface area contributed by atoms with Gasteiger partial charge in [0.05, 0.1) is 5.25 Å². The first-order valence-electron chi connectivity index (χ1n) is 5.87. The third-order valence-electron chi connectivity index (χ3n) is 2.36. The van der Waals surface area contributed by atoms with Gasteiger partial charge in [0.25, 0.3) is 5.91 Å². The molecule has 0 fully saturated rings. The first-order valence-corrected chi connectivity index (χ1v) is 6.92. The van der Waals surface area contributed by atoms with Crippen LogP contribution in [0.3, 0.4) is 0 Å². The summed E-state index contributed by atoms with van der Waals surface area (Å²) in [5.74, 6) is 0.401. The molecule has 0 aliphatic heterocycles. The molecule has 0 radical (unpaired) electrons. The van der Waals surface area contributed by atoms with E-state index >= 15 is 0 Å². The molecule has 0 unspecified atom stereocenters. The number of carbonyl (C=O) groups excluding carboxylic acids is 2. The van der Waals surface area contributed by atoms with Gasteiger partial charge in [-0.25, -0.2) is 0 Å². The van der Waals surface area contributed by atoms with Gasteiger partial charge in [0, 0.05) is 12.2 Å². The quantitative estimate of drug-likeness (QED) is 0.800. The number of hydrogen-bond donors (Lipinski definition) is 2. The van der Waals surface area contributed by atoms with Crippen LogP contribution in [0.2, 0.25) is 0 Å². The number of benzene rings is 1. The van der Waals surface area contributed by atoms with Crippen LogP contribution in [0.1, 0.15) is 25.8 Å².